The minimum atomic E-state index is -0.199. The van der Waals surface area contributed by atoms with Gasteiger partial charge in [0, 0.05) is 31.3 Å². The Bertz CT molecular complexity index is 1220. The van der Waals surface area contributed by atoms with Crippen LogP contribution in [0.1, 0.15) is 28.9 Å². The number of anilines is 1. The summed E-state index contributed by atoms with van der Waals surface area (Å²) in [6, 6.07) is 17.4. The van der Waals surface area contributed by atoms with Gasteiger partial charge in [-0.25, -0.2) is 4.98 Å². The molecule has 6 nitrogen and oxygen atoms in total. The number of carbonyl (C=O) groups is 2. The number of hydrogen-bond donors (Lipinski definition) is 2. The number of imidazole rings is 1. The molecule has 150 valence electrons. The smallest absolute Gasteiger partial charge is 0.253 e. The first-order valence-corrected chi connectivity index (χ1v) is 10.2. The van der Waals surface area contributed by atoms with E-state index in [4.69, 9.17) is 0 Å². The standard InChI is InChI=1S/C24H22N4O2/c29-23(16-8-9-16)27-21-14-18-6-2-1-5-17(18)13-20(21)24(30)25-11-10-19-15-28-12-4-3-7-22(28)26-19/h1-7,12-16H,8-11H2,(H,25,30)(H,27,29). The largest absolute Gasteiger partial charge is 0.352 e. The van der Waals surface area contributed by atoms with Gasteiger partial charge in [0.25, 0.3) is 5.91 Å². The maximum atomic E-state index is 13.0. The summed E-state index contributed by atoms with van der Waals surface area (Å²) in [5, 5.41) is 7.89. The molecule has 0 spiro atoms. The van der Waals surface area contributed by atoms with Gasteiger partial charge >= 0.3 is 0 Å². The summed E-state index contributed by atoms with van der Waals surface area (Å²) in [6.07, 6.45) is 6.39. The van der Waals surface area contributed by atoms with Crippen molar-refractivity contribution in [3.05, 3.63) is 78.2 Å². The summed E-state index contributed by atoms with van der Waals surface area (Å²) in [4.78, 5) is 29.8. The van der Waals surface area contributed by atoms with E-state index in [-0.39, 0.29) is 17.7 Å². The van der Waals surface area contributed by atoms with E-state index >= 15 is 0 Å². The summed E-state index contributed by atoms with van der Waals surface area (Å²) in [5.74, 6) is -0.137. The maximum absolute atomic E-state index is 13.0. The number of nitrogens with one attached hydrogen (secondary N) is 2. The van der Waals surface area contributed by atoms with Crippen LogP contribution in [0.25, 0.3) is 16.4 Å². The molecule has 2 N–H and O–H groups in total. The number of aromatic nitrogens is 2. The van der Waals surface area contributed by atoms with Crippen LogP contribution >= 0.6 is 0 Å². The molecule has 1 aliphatic rings. The van der Waals surface area contributed by atoms with E-state index in [1.54, 1.807) is 0 Å². The van der Waals surface area contributed by atoms with Gasteiger partial charge in [-0.15, -0.1) is 0 Å². The van der Waals surface area contributed by atoms with Crippen molar-refractivity contribution in [2.24, 2.45) is 5.92 Å². The number of pyridine rings is 1. The molecular formula is C24H22N4O2. The average molecular weight is 398 g/mol. The Morgan fingerprint density at radius 3 is 2.57 bits per heavy atom. The summed E-state index contributed by atoms with van der Waals surface area (Å²) >= 11 is 0. The Balaban J connectivity index is 1.33. The van der Waals surface area contributed by atoms with Crippen LogP contribution in [0, 0.1) is 5.92 Å². The van der Waals surface area contributed by atoms with Crippen LogP contribution < -0.4 is 10.6 Å². The molecule has 0 unspecified atom stereocenters. The van der Waals surface area contributed by atoms with Gasteiger partial charge in [0.15, 0.2) is 0 Å². The van der Waals surface area contributed by atoms with Gasteiger partial charge in [-0.3, -0.25) is 9.59 Å². The van der Waals surface area contributed by atoms with E-state index in [0.717, 1.165) is 35.0 Å². The average Bonchev–Trinajstić information content (AvgIpc) is 3.53. The summed E-state index contributed by atoms with van der Waals surface area (Å²) in [7, 11) is 0. The van der Waals surface area contributed by atoms with Gasteiger partial charge in [0.2, 0.25) is 5.91 Å². The normalized spacial score (nSPS) is 13.5. The van der Waals surface area contributed by atoms with Gasteiger partial charge in [0.05, 0.1) is 16.9 Å². The zero-order valence-electron chi connectivity index (χ0n) is 16.5. The number of rotatable bonds is 6. The Morgan fingerprint density at radius 2 is 1.80 bits per heavy atom. The highest BCUT2D eigenvalue weighted by Crippen LogP contribution is 2.32. The lowest BCUT2D eigenvalue weighted by Crippen LogP contribution is -2.27. The fourth-order valence-electron chi connectivity index (χ4n) is 3.62. The lowest BCUT2D eigenvalue weighted by molar-refractivity contribution is -0.117. The molecule has 6 heteroatoms. The molecule has 2 amide bonds. The van der Waals surface area contributed by atoms with Crippen LogP contribution in [0.2, 0.25) is 0 Å². The minimum Gasteiger partial charge on any atom is -0.352 e. The molecule has 0 saturated heterocycles. The van der Waals surface area contributed by atoms with E-state index in [1.165, 1.54) is 0 Å². The Kier molecular flexibility index (Phi) is 4.67. The van der Waals surface area contributed by atoms with Gasteiger partial charge < -0.3 is 15.0 Å². The second kappa shape index (κ2) is 7.63. The van der Waals surface area contributed by atoms with Crippen LogP contribution in [0.3, 0.4) is 0 Å². The van der Waals surface area contributed by atoms with Crippen molar-refractivity contribution >= 4 is 33.9 Å². The van der Waals surface area contributed by atoms with Crippen molar-refractivity contribution in [1.82, 2.24) is 14.7 Å². The lowest BCUT2D eigenvalue weighted by atomic mass is 10.0. The van der Waals surface area contributed by atoms with E-state index in [9.17, 15) is 9.59 Å². The van der Waals surface area contributed by atoms with Crippen LogP contribution in [-0.4, -0.2) is 27.7 Å². The van der Waals surface area contributed by atoms with Crippen molar-refractivity contribution in [3.8, 4) is 0 Å². The van der Waals surface area contributed by atoms with Crippen molar-refractivity contribution in [2.75, 3.05) is 11.9 Å². The molecule has 1 fully saturated rings. The Morgan fingerprint density at radius 1 is 1.03 bits per heavy atom. The predicted octanol–water partition coefficient (Wildman–Crippen LogP) is 3.81. The summed E-state index contributed by atoms with van der Waals surface area (Å²) < 4.78 is 1.96. The van der Waals surface area contributed by atoms with Crippen molar-refractivity contribution in [1.29, 1.82) is 0 Å². The number of nitrogens with zero attached hydrogens (tertiary/aromatic N) is 2. The third-order valence-electron chi connectivity index (χ3n) is 5.42. The van der Waals surface area contributed by atoms with Gasteiger partial charge in [-0.05, 0) is 47.9 Å². The van der Waals surface area contributed by atoms with Crippen LogP contribution in [0.15, 0.2) is 67.0 Å². The maximum Gasteiger partial charge on any atom is 0.253 e. The molecule has 1 aliphatic carbocycles. The van der Waals surface area contributed by atoms with Gasteiger partial charge in [0.1, 0.15) is 5.65 Å². The minimum absolute atomic E-state index is 0.0102. The first-order valence-electron chi connectivity index (χ1n) is 10.2. The van der Waals surface area contributed by atoms with Gasteiger partial charge in [-0.1, -0.05) is 30.3 Å². The molecule has 30 heavy (non-hydrogen) atoms. The molecular weight excluding hydrogens is 376 g/mol. The first kappa shape index (κ1) is 18.4. The van der Waals surface area contributed by atoms with Crippen molar-refractivity contribution < 1.29 is 9.59 Å². The molecule has 0 bridgehead atoms. The van der Waals surface area contributed by atoms with E-state index < -0.39 is 0 Å². The summed E-state index contributed by atoms with van der Waals surface area (Å²) in [6.45, 7) is 0.464. The van der Waals surface area contributed by atoms with E-state index in [2.05, 4.69) is 15.6 Å². The second-order valence-electron chi connectivity index (χ2n) is 7.71. The number of amides is 2. The van der Waals surface area contributed by atoms with Crippen molar-refractivity contribution in [3.63, 3.8) is 0 Å². The third-order valence-corrected chi connectivity index (χ3v) is 5.42. The van der Waals surface area contributed by atoms with Crippen LogP contribution in [0.4, 0.5) is 5.69 Å². The number of hydrogen-bond acceptors (Lipinski definition) is 3. The molecule has 1 saturated carbocycles. The fourth-order valence-corrected chi connectivity index (χ4v) is 3.62. The Hall–Kier alpha value is -3.67. The predicted molar refractivity (Wildman–Crippen MR) is 117 cm³/mol. The molecule has 0 atom stereocenters. The second-order valence-corrected chi connectivity index (χ2v) is 7.71. The van der Waals surface area contributed by atoms with E-state index in [1.807, 2.05) is 71.4 Å². The van der Waals surface area contributed by atoms with Crippen molar-refractivity contribution in [2.45, 2.75) is 19.3 Å². The molecule has 0 radical (unpaired) electrons. The number of fused-ring (bicyclic) bond motifs is 2. The highest BCUT2D eigenvalue weighted by Gasteiger charge is 2.30. The zero-order valence-corrected chi connectivity index (χ0v) is 16.5. The number of benzene rings is 2. The van der Waals surface area contributed by atoms with Gasteiger partial charge in [-0.2, -0.15) is 0 Å². The molecule has 2 aromatic heterocycles. The topological polar surface area (TPSA) is 75.5 Å². The Labute approximate surface area is 173 Å². The molecule has 0 aliphatic heterocycles. The van der Waals surface area contributed by atoms with Crippen LogP contribution in [0.5, 0.6) is 0 Å². The molecule has 2 heterocycles. The SMILES string of the molecule is O=C(NCCc1cn2ccccc2n1)c1cc2ccccc2cc1NC(=O)C1CC1. The van der Waals surface area contributed by atoms with E-state index in [0.29, 0.717) is 24.2 Å². The monoisotopic (exact) mass is 398 g/mol. The summed E-state index contributed by atoms with van der Waals surface area (Å²) in [5.41, 5.74) is 2.86. The lowest BCUT2D eigenvalue weighted by Gasteiger charge is -2.13. The highest BCUT2D eigenvalue weighted by molar-refractivity contribution is 6.08. The number of carbonyl (C=O) groups excluding carboxylic acids is 2. The zero-order chi connectivity index (χ0) is 20.5. The third kappa shape index (κ3) is 3.76. The van der Waals surface area contributed by atoms with Crippen LogP contribution in [-0.2, 0) is 11.2 Å². The molecule has 4 aromatic rings. The quantitative estimate of drug-likeness (QED) is 0.519. The fraction of sp³-hybridized carbons (Fsp3) is 0.208. The first-order chi connectivity index (χ1) is 14.7. The molecule has 2 aromatic carbocycles. The highest BCUT2D eigenvalue weighted by atomic mass is 16.2. The molecule has 5 rings (SSSR count).